The Bertz CT molecular complexity index is 352. The van der Waals surface area contributed by atoms with Crippen molar-refractivity contribution in [2.75, 3.05) is 7.05 Å². The molecule has 2 rings (SSSR count). The molecule has 3 amide bonds. The maximum atomic E-state index is 12.0. The Hall–Kier alpha value is -1.57. The molecular formula is C10H13N3O2. The van der Waals surface area contributed by atoms with Gasteiger partial charge in [0.05, 0.1) is 0 Å². The lowest BCUT2D eigenvalue weighted by molar-refractivity contribution is -0.133. The summed E-state index contributed by atoms with van der Waals surface area (Å²) >= 11 is 0. The molecule has 15 heavy (non-hydrogen) atoms. The van der Waals surface area contributed by atoms with Crippen molar-refractivity contribution in [1.82, 2.24) is 9.80 Å². The Kier molecular flexibility index (Phi) is 2.14. The third-order valence-electron chi connectivity index (χ3n) is 3.39. The van der Waals surface area contributed by atoms with E-state index < -0.39 is 11.6 Å². The molecule has 80 valence electrons. The highest BCUT2D eigenvalue weighted by Gasteiger charge is 2.56. The van der Waals surface area contributed by atoms with Crippen molar-refractivity contribution in [3.8, 4) is 6.19 Å². The van der Waals surface area contributed by atoms with Gasteiger partial charge in [0.25, 0.3) is 5.91 Å². The van der Waals surface area contributed by atoms with Crippen LogP contribution in [0.4, 0.5) is 4.79 Å². The first-order valence-corrected chi connectivity index (χ1v) is 5.15. The third kappa shape index (κ3) is 1.14. The lowest BCUT2D eigenvalue weighted by Gasteiger charge is -2.33. The molecule has 0 N–H and O–H groups in total. The molecule has 1 heterocycles. The van der Waals surface area contributed by atoms with E-state index in [-0.39, 0.29) is 5.91 Å². The summed E-state index contributed by atoms with van der Waals surface area (Å²) in [5, 5.41) is 8.97. The fraction of sp³-hybridized carbons (Fsp3) is 0.700. The summed E-state index contributed by atoms with van der Waals surface area (Å²) in [4.78, 5) is 25.7. The van der Waals surface area contributed by atoms with Crippen molar-refractivity contribution in [2.45, 2.75) is 37.6 Å². The highest BCUT2D eigenvalue weighted by molar-refractivity contribution is 6.07. The van der Waals surface area contributed by atoms with E-state index in [1.807, 2.05) is 6.19 Å². The van der Waals surface area contributed by atoms with Gasteiger partial charge in [-0.2, -0.15) is 5.26 Å². The van der Waals surface area contributed by atoms with Crippen LogP contribution in [-0.2, 0) is 4.79 Å². The number of nitrogens with zero attached hydrogens (tertiary/aromatic N) is 3. The number of hydrogen-bond acceptors (Lipinski definition) is 3. The van der Waals surface area contributed by atoms with Crippen LogP contribution in [0, 0.1) is 11.5 Å². The van der Waals surface area contributed by atoms with Gasteiger partial charge in [0.2, 0.25) is 0 Å². The van der Waals surface area contributed by atoms with Crippen LogP contribution in [0.5, 0.6) is 0 Å². The fourth-order valence-corrected chi connectivity index (χ4v) is 2.54. The van der Waals surface area contributed by atoms with Gasteiger partial charge in [0.15, 0.2) is 6.19 Å². The van der Waals surface area contributed by atoms with Crippen molar-refractivity contribution < 1.29 is 9.59 Å². The summed E-state index contributed by atoms with van der Waals surface area (Å²) < 4.78 is 0. The molecule has 0 bridgehead atoms. The van der Waals surface area contributed by atoms with Crippen LogP contribution in [-0.4, -0.2) is 34.3 Å². The summed E-state index contributed by atoms with van der Waals surface area (Å²) in [6.07, 6.45) is 5.99. The van der Waals surface area contributed by atoms with Crippen molar-refractivity contribution in [1.29, 1.82) is 5.26 Å². The number of carbonyl (C=O) groups is 2. The SMILES string of the molecule is CN1C(=O)N(C#N)C2(CCCCC2)C1=O. The van der Waals surface area contributed by atoms with Gasteiger partial charge in [-0.15, -0.1) is 0 Å². The minimum Gasteiger partial charge on any atom is -0.272 e. The summed E-state index contributed by atoms with van der Waals surface area (Å²) in [6.45, 7) is 0. The summed E-state index contributed by atoms with van der Waals surface area (Å²) in [5.41, 5.74) is -0.848. The first-order chi connectivity index (χ1) is 7.13. The van der Waals surface area contributed by atoms with Gasteiger partial charge >= 0.3 is 6.03 Å². The van der Waals surface area contributed by atoms with Gasteiger partial charge in [-0.25, -0.2) is 9.69 Å². The Morgan fingerprint density at radius 2 is 1.87 bits per heavy atom. The summed E-state index contributed by atoms with van der Waals surface area (Å²) in [5.74, 6) is -0.214. The molecule has 0 aromatic carbocycles. The number of rotatable bonds is 0. The van der Waals surface area contributed by atoms with Crippen molar-refractivity contribution in [3.05, 3.63) is 0 Å². The second kappa shape index (κ2) is 3.23. The Labute approximate surface area is 88.2 Å². The zero-order valence-corrected chi connectivity index (χ0v) is 8.69. The number of carbonyl (C=O) groups excluding carboxylic acids is 2. The van der Waals surface area contributed by atoms with Gasteiger partial charge in [0.1, 0.15) is 5.54 Å². The standard InChI is InChI=1S/C10H13N3O2/c1-12-8(14)10(5-3-2-4-6-10)13(7-11)9(12)15/h2-6H2,1H3. The van der Waals surface area contributed by atoms with Crippen LogP contribution < -0.4 is 0 Å². The molecule has 0 aromatic heterocycles. The quantitative estimate of drug-likeness (QED) is 0.440. The monoisotopic (exact) mass is 207 g/mol. The molecule has 0 unspecified atom stereocenters. The van der Waals surface area contributed by atoms with Crippen LogP contribution in [0.1, 0.15) is 32.1 Å². The van der Waals surface area contributed by atoms with Crippen LogP contribution in [0.15, 0.2) is 0 Å². The first kappa shape index (κ1) is 9.97. The second-order valence-electron chi connectivity index (χ2n) is 4.17. The highest BCUT2D eigenvalue weighted by Crippen LogP contribution is 2.39. The fourth-order valence-electron chi connectivity index (χ4n) is 2.54. The Morgan fingerprint density at radius 3 is 2.40 bits per heavy atom. The van der Waals surface area contributed by atoms with Gasteiger partial charge in [0, 0.05) is 7.05 Å². The highest BCUT2D eigenvalue weighted by atomic mass is 16.2. The minimum absolute atomic E-state index is 0.214. The Morgan fingerprint density at radius 1 is 1.27 bits per heavy atom. The van der Waals surface area contributed by atoms with Crippen LogP contribution >= 0.6 is 0 Å². The topological polar surface area (TPSA) is 64.4 Å². The molecule has 0 atom stereocenters. The van der Waals surface area contributed by atoms with E-state index in [0.29, 0.717) is 12.8 Å². The van der Waals surface area contributed by atoms with Gasteiger partial charge in [-0.05, 0) is 12.8 Å². The van der Waals surface area contributed by atoms with E-state index >= 15 is 0 Å². The van der Waals surface area contributed by atoms with E-state index in [9.17, 15) is 9.59 Å². The number of amides is 3. The Balaban J connectivity index is 2.40. The zero-order chi connectivity index (χ0) is 11.1. The number of hydrogen-bond donors (Lipinski definition) is 0. The molecule has 2 fully saturated rings. The van der Waals surface area contributed by atoms with E-state index in [1.54, 1.807) is 0 Å². The number of urea groups is 1. The molecule has 0 aromatic rings. The molecule has 1 aliphatic carbocycles. The molecule has 5 nitrogen and oxygen atoms in total. The summed E-state index contributed by atoms with van der Waals surface area (Å²) in [6, 6.07) is -0.482. The van der Waals surface area contributed by atoms with E-state index in [2.05, 4.69) is 0 Å². The van der Waals surface area contributed by atoms with E-state index in [4.69, 9.17) is 5.26 Å². The maximum Gasteiger partial charge on any atom is 0.340 e. The predicted octanol–water partition coefficient (Wildman–Crippen LogP) is 1.06. The molecule has 1 saturated carbocycles. The number of imide groups is 1. The van der Waals surface area contributed by atoms with E-state index in [1.165, 1.54) is 7.05 Å². The van der Waals surface area contributed by atoms with Gasteiger partial charge in [-0.1, -0.05) is 19.3 Å². The molecule has 1 saturated heterocycles. The van der Waals surface area contributed by atoms with E-state index in [0.717, 1.165) is 29.1 Å². The largest absolute Gasteiger partial charge is 0.340 e. The van der Waals surface area contributed by atoms with Crippen LogP contribution in [0.25, 0.3) is 0 Å². The van der Waals surface area contributed by atoms with Crippen LogP contribution in [0.2, 0.25) is 0 Å². The number of nitriles is 1. The zero-order valence-electron chi connectivity index (χ0n) is 8.69. The lowest BCUT2D eigenvalue weighted by atomic mass is 9.81. The normalized spacial score (nSPS) is 24.8. The lowest BCUT2D eigenvalue weighted by Crippen LogP contribution is -2.48. The average molecular weight is 207 g/mol. The molecule has 1 spiro atoms. The van der Waals surface area contributed by atoms with Gasteiger partial charge in [-0.3, -0.25) is 9.69 Å². The average Bonchev–Trinajstić information content (AvgIpc) is 2.43. The predicted molar refractivity (Wildman–Crippen MR) is 51.4 cm³/mol. The second-order valence-corrected chi connectivity index (χ2v) is 4.17. The van der Waals surface area contributed by atoms with Crippen molar-refractivity contribution >= 4 is 11.9 Å². The minimum atomic E-state index is -0.848. The molecule has 0 radical (unpaired) electrons. The van der Waals surface area contributed by atoms with Crippen molar-refractivity contribution in [2.24, 2.45) is 0 Å². The summed E-state index contributed by atoms with van der Waals surface area (Å²) in [7, 11) is 1.44. The maximum absolute atomic E-state index is 12.0. The number of likely N-dealkylation sites (N-methyl/N-ethyl adjacent to an activating group) is 1. The van der Waals surface area contributed by atoms with Gasteiger partial charge < -0.3 is 0 Å². The van der Waals surface area contributed by atoms with Crippen LogP contribution in [0.3, 0.4) is 0 Å². The first-order valence-electron chi connectivity index (χ1n) is 5.15. The third-order valence-corrected chi connectivity index (χ3v) is 3.39. The molecule has 1 aliphatic heterocycles. The smallest absolute Gasteiger partial charge is 0.272 e. The molecule has 2 aliphatic rings. The van der Waals surface area contributed by atoms with Crippen molar-refractivity contribution in [3.63, 3.8) is 0 Å². The molecular weight excluding hydrogens is 194 g/mol. The molecule has 5 heteroatoms.